The number of anilines is 1. The molecule has 0 saturated heterocycles. The third-order valence-corrected chi connectivity index (χ3v) is 3.31. The van der Waals surface area contributed by atoms with Crippen LogP contribution in [0.4, 0.5) is 18.9 Å². The summed E-state index contributed by atoms with van der Waals surface area (Å²) < 4.78 is 36.9. The van der Waals surface area contributed by atoms with Gasteiger partial charge in [0, 0.05) is 18.8 Å². The van der Waals surface area contributed by atoms with Gasteiger partial charge in [0.05, 0.1) is 0 Å². The first-order valence-electron chi connectivity index (χ1n) is 6.13. The number of halogens is 3. The van der Waals surface area contributed by atoms with Crippen molar-refractivity contribution in [3.63, 3.8) is 0 Å². The lowest BCUT2D eigenvalue weighted by atomic mass is 9.98. The number of nitrogens with zero attached hydrogens (tertiary/aromatic N) is 1. The number of fused-ring (bicyclic) bond motifs is 1. The van der Waals surface area contributed by atoms with Crippen molar-refractivity contribution in [2.45, 2.75) is 26.1 Å². The minimum absolute atomic E-state index is 0.262. The number of rotatable bonds is 2. The van der Waals surface area contributed by atoms with Crippen molar-refractivity contribution in [3.05, 3.63) is 29.3 Å². The predicted molar refractivity (Wildman–Crippen MR) is 65.8 cm³/mol. The molecule has 0 spiro atoms. The van der Waals surface area contributed by atoms with Gasteiger partial charge in [0.2, 0.25) is 0 Å². The van der Waals surface area contributed by atoms with E-state index in [4.69, 9.17) is 0 Å². The van der Waals surface area contributed by atoms with Gasteiger partial charge in [-0.2, -0.15) is 13.2 Å². The van der Waals surface area contributed by atoms with E-state index in [1.54, 1.807) is 6.07 Å². The molecule has 1 aliphatic heterocycles. The average molecular weight is 272 g/mol. The van der Waals surface area contributed by atoms with Crippen molar-refractivity contribution >= 4 is 11.6 Å². The van der Waals surface area contributed by atoms with Crippen LogP contribution >= 0.6 is 0 Å². The molecule has 0 aliphatic carbocycles. The van der Waals surface area contributed by atoms with Crippen LogP contribution in [0.3, 0.4) is 0 Å². The predicted octanol–water partition coefficient (Wildman–Crippen LogP) is 2.57. The molecule has 1 N–H and O–H groups in total. The molecule has 0 radical (unpaired) electrons. The molecule has 0 aromatic heterocycles. The standard InChI is InChI=1S/C13H15F3N2O/c1-2-18-7-6-9-4-3-5-11(10(9)8-18)17-12(19)13(14,15)16/h3-5H,2,6-8H2,1H3,(H,17,19). The SMILES string of the molecule is CCN1CCc2cccc(NC(=O)C(F)(F)F)c2C1. The third kappa shape index (κ3) is 3.07. The van der Waals surface area contributed by atoms with Crippen LogP contribution in [0.1, 0.15) is 18.1 Å². The van der Waals surface area contributed by atoms with Gasteiger partial charge >= 0.3 is 12.1 Å². The number of hydrogen-bond acceptors (Lipinski definition) is 2. The highest BCUT2D eigenvalue weighted by Crippen LogP contribution is 2.27. The van der Waals surface area contributed by atoms with Gasteiger partial charge in [-0.3, -0.25) is 9.69 Å². The number of likely N-dealkylation sites (N-methyl/N-ethyl adjacent to an activating group) is 1. The summed E-state index contributed by atoms with van der Waals surface area (Å²) in [5.74, 6) is -1.92. The summed E-state index contributed by atoms with van der Waals surface area (Å²) >= 11 is 0. The van der Waals surface area contributed by atoms with Crippen LogP contribution in [-0.4, -0.2) is 30.1 Å². The summed E-state index contributed by atoms with van der Waals surface area (Å²) in [4.78, 5) is 13.2. The van der Waals surface area contributed by atoms with Gasteiger partial charge in [-0.05, 0) is 30.2 Å². The lowest BCUT2D eigenvalue weighted by Gasteiger charge is -2.29. The van der Waals surface area contributed by atoms with Crippen LogP contribution in [0.15, 0.2) is 18.2 Å². The number of carbonyl (C=O) groups excluding carboxylic acids is 1. The molecule has 1 amide bonds. The molecule has 19 heavy (non-hydrogen) atoms. The summed E-state index contributed by atoms with van der Waals surface area (Å²) in [6.45, 7) is 4.29. The van der Waals surface area contributed by atoms with Gasteiger partial charge in [0.1, 0.15) is 0 Å². The number of amides is 1. The van der Waals surface area contributed by atoms with Crippen LogP contribution in [0.2, 0.25) is 0 Å². The van der Waals surface area contributed by atoms with Gasteiger partial charge in [0.25, 0.3) is 0 Å². The molecule has 0 saturated carbocycles. The number of hydrogen-bond donors (Lipinski definition) is 1. The molecule has 1 aliphatic rings. The maximum Gasteiger partial charge on any atom is 0.471 e. The van der Waals surface area contributed by atoms with Gasteiger partial charge in [-0.15, -0.1) is 0 Å². The number of benzene rings is 1. The van der Waals surface area contributed by atoms with E-state index >= 15 is 0 Å². The normalized spacial score (nSPS) is 16.0. The van der Waals surface area contributed by atoms with E-state index in [1.807, 2.05) is 18.3 Å². The van der Waals surface area contributed by atoms with Gasteiger partial charge in [0.15, 0.2) is 0 Å². The van der Waals surface area contributed by atoms with E-state index in [1.165, 1.54) is 6.07 Å². The molecule has 0 fully saturated rings. The second-order valence-corrected chi connectivity index (χ2v) is 4.51. The van der Waals surface area contributed by atoms with Gasteiger partial charge in [-0.25, -0.2) is 0 Å². The van der Waals surface area contributed by atoms with E-state index in [-0.39, 0.29) is 5.69 Å². The molecular formula is C13H15F3N2O. The highest BCUT2D eigenvalue weighted by Gasteiger charge is 2.39. The molecule has 0 unspecified atom stereocenters. The first kappa shape index (κ1) is 13.9. The Labute approximate surface area is 109 Å². The highest BCUT2D eigenvalue weighted by molar-refractivity contribution is 5.95. The van der Waals surface area contributed by atoms with E-state index in [0.717, 1.165) is 30.6 Å². The quantitative estimate of drug-likeness (QED) is 0.897. The highest BCUT2D eigenvalue weighted by atomic mass is 19.4. The minimum atomic E-state index is -4.86. The Hall–Kier alpha value is -1.56. The van der Waals surface area contributed by atoms with Crippen LogP contribution in [0.25, 0.3) is 0 Å². The molecule has 1 aromatic carbocycles. The molecule has 1 heterocycles. The number of carbonyl (C=O) groups is 1. The van der Waals surface area contributed by atoms with Crippen molar-refractivity contribution in [1.82, 2.24) is 4.90 Å². The molecule has 3 nitrogen and oxygen atoms in total. The maximum atomic E-state index is 12.3. The van der Waals surface area contributed by atoms with Crippen molar-refractivity contribution in [3.8, 4) is 0 Å². The first-order chi connectivity index (χ1) is 8.91. The molecular weight excluding hydrogens is 257 g/mol. The van der Waals surface area contributed by atoms with Crippen molar-refractivity contribution in [2.24, 2.45) is 0 Å². The lowest BCUT2D eigenvalue weighted by Crippen LogP contribution is -2.33. The average Bonchev–Trinajstić information content (AvgIpc) is 2.37. The van der Waals surface area contributed by atoms with Crippen LogP contribution in [0.5, 0.6) is 0 Å². The largest absolute Gasteiger partial charge is 0.471 e. The zero-order valence-corrected chi connectivity index (χ0v) is 10.5. The van der Waals surface area contributed by atoms with Crippen molar-refractivity contribution in [2.75, 3.05) is 18.4 Å². The van der Waals surface area contributed by atoms with Gasteiger partial charge in [-0.1, -0.05) is 19.1 Å². The summed E-state index contributed by atoms with van der Waals surface area (Å²) in [7, 11) is 0. The Morgan fingerprint density at radius 3 is 2.79 bits per heavy atom. The molecule has 0 bridgehead atoms. The first-order valence-corrected chi connectivity index (χ1v) is 6.13. The second-order valence-electron chi connectivity index (χ2n) is 4.51. The second kappa shape index (κ2) is 5.21. The zero-order valence-electron chi connectivity index (χ0n) is 10.5. The van der Waals surface area contributed by atoms with Gasteiger partial charge < -0.3 is 5.32 Å². The molecule has 0 atom stereocenters. The van der Waals surface area contributed by atoms with Crippen molar-refractivity contribution < 1.29 is 18.0 Å². The van der Waals surface area contributed by atoms with Crippen LogP contribution in [-0.2, 0) is 17.8 Å². The van der Waals surface area contributed by atoms with E-state index < -0.39 is 12.1 Å². The summed E-state index contributed by atoms with van der Waals surface area (Å²) in [6.07, 6.45) is -4.07. The fourth-order valence-corrected chi connectivity index (χ4v) is 2.22. The van der Waals surface area contributed by atoms with E-state index in [2.05, 4.69) is 4.90 Å². The monoisotopic (exact) mass is 272 g/mol. The topological polar surface area (TPSA) is 32.3 Å². The van der Waals surface area contributed by atoms with Crippen molar-refractivity contribution in [1.29, 1.82) is 0 Å². The molecule has 104 valence electrons. The van der Waals surface area contributed by atoms with Crippen LogP contribution < -0.4 is 5.32 Å². The minimum Gasteiger partial charge on any atom is -0.318 e. The lowest BCUT2D eigenvalue weighted by molar-refractivity contribution is -0.167. The molecule has 2 rings (SSSR count). The summed E-state index contributed by atoms with van der Waals surface area (Å²) in [5, 5.41) is 1.96. The Morgan fingerprint density at radius 1 is 1.42 bits per heavy atom. The summed E-state index contributed by atoms with van der Waals surface area (Å²) in [5.41, 5.74) is 2.05. The maximum absolute atomic E-state index is 12.3. The zero-order chi connectivity index (χ0) is 14.0. The Kier molecular flexibility index (Phi) is 3.80. The number of alkyl halides is 3. The number of nitrogens with one attached hydrogen (secondary N) is 1. The van der Waals surface area contributed by atoms with E-state index in [9.17, 15) is 18.0 Å². The Bertz CT molecular complexity index is 485. The molecule has 1 aromatic rings. The Balaban J connectivity index is 2.25. The fraction of sp³-hybridized carbons (Fsp3) is 0.462. The summed E-state index contributed by atoms with van der Waals surface area (Å²) in [6, 6.07) is 5.08. The Morgan fingerprint density at radius 2 is 2.16 bits per heavy atom. The van der Waals surface area contributed by atoms with E-state index in [0.29, 0.717) is 6.54 Å². The fourth-order valence-electron chi connectivity index (χ4n) is 2.22. The smallest absolute Gasteiger partial charge is 0.318 e. The third-order valence-electron chi connectivity index (χ3n) is 3.31. The van der Waals surface area contributed by atoms with Crippen LogP contribution in [0, 0.1) is 0 Å². The molecule has 6 heteroatoms.